The molecule has 3 rings (SSSR count). The first-order chi connectivity index (χ1) is 15.0. The van der Waals surface area contributed by atoms with Gasteiger partial charge in [0.1, 0.15) is 5.75 Å². The lowest BCUT2D eigenvalue weighted by Gasteiger charge is -2.24. The molecular weight excluding hydrogens is 452 g/mol. The van der Waals surface area contributed by atoms with Gasteiger partial charge in [-0.1, -0.05) is 31.3 Å². The standard InChI is InChI=1S/C22H26N4O4S.ClH/c1-4-24(5-2)12-13-25(21(27)16-8-7-9-17(14-16)26(28)29)22-23-19-11-10-18(30-6-3)15-20(19)31-22;/h7-11,14-15H,4-6,12-13H2,1-3H3;1H. The number of carbonyl (C=O) groups is 1. The van der Waals surface area contributed by atoms with Crippen LogP contribution in [0.4, 0.5) is 10.8 Å². The third-order valence-electron chi connectivity index (χ3n) is 4.97. The first-order valence-corrected chi connectivity index (χ1v) is 11.1. The number of thiazole rings is 1. The molecule has 172 valence electrons. The summed E-state index contributed by atoms with van der Waals surface area (Å²) >= 11 is 1.41. The van der Waals surface area contributed by atoms with Crippen LogP contribution in [0.3, 0.4) is 0 Å². The molecule has 10 heteroatoms. The van der Waals surface area contributed by atoms with E-state index in [1.165, 1.54) is 29.5 Å². The molecule has 0 aliphatic heterocycles. The molecule has 0 atom stereocenters. The molecule has 0 aliphatic rings. The fourth-order valence-electron chi connectivity index (χ4n) is 3.24. The second-order valence-corrected chi connectivity index (χ2v) is 7.86. The number of anilines is 1. The number of nitro benzene ring substituents is 1. The van der Waals surface area contributed by atoms with Crippen LogP contribution < -0.4 is 9.64 Å². The van der Waals surface area contributed by atoms with Gasteiger partial charge in [0.25, 0.3) is 11.6 Å². The summed E-state index contributed by atoms with van der Waals surface area (Å²) in [5.74, 6) is 0.449. The molecule has 0 saturated carbocycles. The van der Waals surface area contributed by atoms with Crippen LogP contribution in [0.1, 0.15) is 31.1 Å². The van der Waals surface area contributed by atoms with E-state index < -0.39 is 4.92 Å². The Kier molecular flexibility index (Phi) is 9.37. The van der Waals surface area contributed by atoms with Crippen molar-refractivity contribution in [2.75, 3.05) is 37.7 Å². The van der Waals surface area contributed by atoms with Crippen LogP contribution in [0, 0.1) is 10.1 Å². The van der Waals surface area contributed by atoms with Gasteiger partial charge in [0.15, 0.2) is 5.13 Å². The maximum absolute atomic E-state index is 13.4. The Bertz CT molecular complexity index is 1070. The van der Waals surface area contributed by atoms with E-state index in [1.807, 2.05) is 25.1 Å². The van der Waals surface area contributed by atoms with Crippen LogP contribution in [0.15, 0.2) is 42.5 Å². The predicted molar refractivity (Wildman–Crippen MR) is 131 cm³/mol. The van der Waals surface area contributed by atoms with Gasteiger partial charge in [-0.3, -0.25) is 19.8 Å². The number of benzene rings is 2. The van der Waals surface area contributed by atoms with Gasteiger partial charge >= 0.3 is 0 Å². The van der Waals surface area contributed by atoms with E-state index in [9.17, 15) is 14.9 Å². The van der Waals surface area contributed by atoms with Gasteiger partial charge < -0.3 is 9.64 Å². The maximum Gasteiger partial charge on any atom is 0.270 e. The van der Waals surface area contributed by atoms with Crippen LogP contribution >= 0.6 is 23.7 Å². The highest BCUT2D eigenvalue weighted by Crippen LogP contribution is 2.32. The monoisotopic (exact) mass is 478 g/mol. The molecule has 8 nitrogen and oxygen atoms in total. The molecule has 0 spiro atoms. The summed E-state index contributed by atoms with van der Waals surface area (Å²) in [4.78, 5) is 32.5. The minimum absolute atomic E-state index is 0. The van der Waals surface area contributed by atoms with Gasteiger partial charge in [-0.25, -0.2) is 4.98 Å². The molecular formula is C22H27ClN4O4S. The van der Waals surface area contributed by atoms with Gasteiger partial charge in [0, 0.05) is 30.8 Å². The number of non-ortho nitro benzene ring substituents is 1. The Balaban J connectivity index is 0.00000363. The van der Waals surface area contributed by atoms with E-state index in [1.54, 1.807) is 11.0 Å². The minimum atomic E-state index is -0.496. The summed E-state index contributed by atoms with van der Waals surface area (Å²) in [5.41, 5.74) is 0.936. The SMILES string of the molecule is CCOc1ccc2nc(N(CCN(CC)CC)C(=O)c3cccc([N+](=O)[O-])c3)sc2c1.Cl. The number of amides is 1. The molecule has 0 radical (unpaired) electrons. The van der Waals surface area contributed by atoms with Gasteiger partial charge in [-0.2, -0.15) is 0 Å². The number of likely N-dealkylation sites (N-methyl/N-ethyl adjacent to an activating group) is 1. The van der Waals surface area contributed by atoms with Crippen molar-refractivity contribution >= 4 is 50.7 Å². The molecule has 3 aromatic rings. The Labute approximate surface area is 197 Å². The number of hydrogen-bond acceptors (Lipinski definition) is 7. The van der Waals surface area contributed by atoms with E-state index in [0.717, 1.165) is 29.1 Å². The number of rotatable bonds is 10. The van der Waals surface area contributed by atoms with E-state index in [2.05, 4.69) is 23.7 Å². The second kappa shape index (κ2) is 11.8. The van der Waals surface area contributed by atoms with Gasteiger partial charge in [-0.15, -0.1) is 12.4 Å². The van der Waals surface area contributed by atoms with Gasteiger partial charge in [0.05, 0.1) is 21.7 Å². The van der Waals surface area contributed by atoms with Crippen LogP contribution in [-0.2, 0) is 0 Å². The van der Waals surface area contributed by atoms with Crippen molar-refractivity contribution in [3.8, 4) is 5.75 Å². The number of halogens is 1. The second-order valence-electron chi connectivity index (χ2n) is 6.85. The molecule has 0 aliphatic carbocycles. The first-order valence-electron chi connectivity index (χ1n) is 10.3. The highest BCUT2D eigenvalue weighted by Gasteiger charge is 2.23. The summed E-state index contributed by atoms with van der Waals surface area (Å²) in [6, 6.07) is 11.5. The third-order valence-corrected chi connectivity index (χ3v) is 6.02. The van der Waals surface area contributed by atoms with E-state index >= 15 is 0 Å². The molecule has 1 heterocycles. The fourth-order valence-corrected chi connectivity index (χ4v) is 4.26. The average Bonchev–Trinajstić information content (AvgIpc) is 3.19. The van der Waals surface area contributed by atoms with E-state index in [4.69, 9.17) is 4.74 Å². The Morgan fingerprint density at radius 3 is 2.53 bits per heavy atom. The number of nitrogens with zero attached hydrogens (tertiary/aromatic N) is 4. The summed E-state index contributed by atoms with van der Waals surface area (Å²) in [6.07, 6.45) is 0. The van der Waals surface area contributed by atoms with Crippen molar-refractivity contribution in [3.63, 3.8) is 0 Å². The van der Waals surface area contributed by atoms with Gasteiger partial charge in [0.2, 0.25) is 0 Å². The normalized spacial score (nSPS) is 10.8. The lowest BCUT2D eigenvalue weighted by Crippen LogP contribution is -2.38. The number of carbonyl (C=O) groups excluding carboxylic acids is 1. The summed E-state index contributed by atoms with van der Waals surface area (Å²) in [5, 5.41) is 11.7. The molecule has 0 N–H and O–H groups in total. The Morgan fingerprint density at radius 2 is 1.88 bits per heavy atom. The Hall–Kier alpha value is -2.75. The number of fused-ring (bicyclic) bond motifs is 1. The number of nitro groups is 1. The van der Waals surface area contributed by atoms with Crippen LogP contribution in [-0.4, -0.2) is 53.5 Å². The topological polar surface area (TPSA) is 88.8 Å². The first kappa shape index (κ1) is 25.5. The van der Waals surface area contributed by atoms with Crippen LogP contribution in [0.25, 0.3) is 10.2 Å². The zero-order valence-corrected chi connectivity index (χ0v) is 19.9. The van der Waals surface area contributed by atoms with E-state index in [0.29, 0.717) is 24.8 Å². The van der Waals surface area contributed by atoms with E-state index in [-0.39, 0.29) is 29.6 Å². The Morgan fingerprint density at radius 1 is 1.12 bits per heavy atom. The van der Waals surface area contributed by atoms with Gasteiger partial charge in [-0.05, 0) is 44.3 Å². The molecule has 0 unspecified atom stereocenters. The van der Waals surface area contributed by atoms with Crippen molar-refractivity contribution in [2.24, 2.45) is 0 Å². The molecule has 0 bridgehead atoms. The van der Waals surface area contributed by atoms with Crippen molar-refractivity contribution in [2.45, 2.75) is 20.8 Å². The fraction of sp³-hybridized carbons (Fsp3) is 0.364. The lowest BCUT2D eigenvalue weighted by molar-refractivity contribution is -0.384. The zero-order chi connectivity index (χ0) is 22.4. The van der Waals surface area contributed by atoms with Crippen molar-refractivity contribution in [1.82, 2.24) is 9.88 Å². The number of hydrogen-bond donors (Lipinski definition) is 0. The highest BCUT2D eigenvalue weighted by molar-refractivity contribution is 7.22. The van der Waals surface area contributed by atoms with Crippen LogP contribution in [0.2, 0.25) is 0 Å². The summed E-state index contributed by atoms with van der Waals surface area (Å²) in [7, 11) is 0. The minimum Gasteiger partial charge on any atom is -0.494 e. The predicted octanol–water partition coefficient (Wildman–Crippen LogP) is 5.01. The average molecular weight is 479 g/mol. The zero-order valence-electron chi connectivity index (χ0n) is 18.3. The largest absolute Gasteiger partial charge is 0.494 e. The highest BCUT2D eigenvalue weighted by atomic mass is 35.5. The molecule has 32 heavy (non-hydrogen) atoms. The number of aromatic nitrogens is 1. The van der Waals surface area contributed by atoms with Crippen molar-refractivity contribution in [3.05, 3.63) is 58.1 Å². The lowest BCUT2D eigenvalue weighted by atomic mass is 10.2. The molecule has 0 fully saturated rings. The maximum atomic E-state index is 13.4. The van der Waals surface area contributed by atoms with Crippen LogP contribution in [0.5, 0.6) is 5.75 Å². The smallest absolute Gasteiger partial charge is 0.270 e. The molecule has 1 amide bonds. The number of ether oxygens (including phenoxy) is 1. The summed E-state index contributed by atoms with van der Waals surface area (Å²) in [6.45, 7) is 9.48. The summed E-state index contributed by atoms with van der Waals surface area (Å²) < 4.78 is 6.49. The molecule has 0 saturated heterocycles. The molecule has 1 aromatic heterocycles. The van der Waals surface area contributed by atoms with Crippen molar-refractivity contribution < 1.29 is 14.5 Å². The molecule has 2 aromatic carbocycles. The quantitative estimate of drug-likeness (QED) is 0.300. The third kappa shape index (κ3) is 5.93. The van der Waals surface area contributed by atoms with Crippen molar-refractivity contribution in [1.29, 1.82) is 0 Å².